The Morgan fingerprint density at radius 2 is 2.03 bits per heavy atom. The lowest BCUT2D eigenvalue weighted by Crippen LogP contribution is -2.42. The number of nitriles is 1. The highest BCUT2D eigenvalue weighted by atomic mass is 32.2. The predicted octanol–water partition coefficient (Wildman–Crippen LogP) is 2.62. The first-order chi connectivity index (χ1) is 15.1. The summed E-state index contributed by atoms with van der Waals surface area (Å²) in [7, 11) is 1.60. The second-order valence-electron chi connectivity index (χ2n) is 6.83. The summed E-state index contributed by atoms with van der Waals surface area (Å²) >= 11 is 1.17. The average molecular weight is 433 g/mol. The van der Waals surface area contributed by atoms with Crippen molar-refractivity contribution < 1.29 is 14.3 Å². The van der Waals surface area contributed by atoms with E-state index in [1.165, 1.54) is 16.7 Å². The number of hydrogen-bond donors (Lipinski definition) is 1. The molecule has 0 saturated heterocycles. The Morgan fingerprint density at radius 1 is 1.26 bits per heavy atom. The van der Waals surface area contributed by atoms with Crippen molar-refractivity contribution in [1.29, 1.82) is 5.26 Å². The van der Waals surface area contributed by atoms with Crippen molar-refractivity contribution in [1.82, 2.24) is 10.2 Å². The lowest BCUT2D eigenvalue weighted by Gasteiger charge is -2.25. The first-order valence-electron chi connectivity index (χ1n) is 9.60. The normalized spacial score (nSPS) is 16.6. The summed E-state index contributed by atoms with van der Waals surface area (Å²) in [4.78, 5) is 36.0. The minimum absolute atomic E-state index is 0.0622. The molecule has 0 saturated carbocycles. The minimum atomic E-state index is -0.829. The summed E-state index contributed by atoms with van der Waals surface area (Å²) in [5.74, 6) is 0.795. The number of thioether (sulfide) groups is 1. The van der Waals surface area contributed by atoms with Gasteiger partial charge in [-0.05, 0) is 29.8 Å². The molecule has 9 heteroatoms. The molecular weight excluding hydrogens is 414 g/mol. The number of fused-ring (bicyclic) bond motifs is 3. The SMILES string of the molecule is COc1ccc(CNC(=O)C[C@@H]2N=C3c4ccccc4N=C(SCC#N)N3C2=O)cc1. The van der Waals surface area contributed by atoms with Crippen LogP contribution in [0.25, 0.3) is 0 Å². The van der Waals surface area contributed by atoms with Crippen molar-refractivity contribution in [3.63, 3.8) is 0 Å². The Kier molecular flexibility index (Phi) is 6.00. The van der Waals surface area contributed by atoms with Gasteiger partial charge in [0.05, 0.1) is 31.0 Å². The molecule has 31 heavy (non-hydrogen) atoms. The van der Waals surface area contributed by atoms with Gasteiger partial charge in [-0.25, -0.2) is 9.89 Å². The zero-order valence-electron chi connectivity index (χ0n) is 16.7. The Bertz CT molecular complexity index is 1120. The molecule has 2 heterocycles. The minimum Gasteiger partial charge on any atom is -0.497 e. The van der Waals surface area contributed by atoms with Crippen LogP contribution in [0.4, 0.5) is 5.69 Å². The van der Waals surface area contributed by atoms with Crippen LogP contribution >= 0.6 is 11.8 Å². The van der Waals surface area contributed by atoms with Crippen molar-refractivity contribution >= 4 is 40.3 Å². The molecule has 1 atom stereocenters. The Labute approximate surface area is 183 Å². The number of ether oxygens (including phenoxy) is 1. The quantitative estimate of drug-likeness (QED) is 0.754. The van der Waals surface area contributed by atoms with Gasteiger partial charge < -0.3 is 10.1 Å². The van der Waals surface area contributed by atoms with E-state index in [1.54, 1.807) is 7.11 Å². The number of amides is 2. The van der Waals surface area contributed by atoms with Gasteiger partial charge in [0.1, 0.15) is 17.6 Å². The second-order valence-corrected chi connectivity index (χ2v) is 7.77. The molecule has 4 rings (SSSR count). The standard InChI is InChI=1S/C22H19N5O3S/c1-30-15-8-6-14(7-9-15)13-24-19(28)12-18-21(29)27-20(25-18)16-4-2-3-5-17(16)26-22(27)31-11-10-23/h2-9,18H,11-13H2,1H3,(H,24,28)/t18-/m0/s1. The van der Waals surface area contributed by atoms with Gasteiger partial charge in [-0.15, -0.1) is 0 Å². The van der Waals surface area contributed by atoms with Crippen LogP contribution in [0.2, 0.25) is 0 Å². The molecule has 2 aromatic rings. The fourth-order valence-electron chi connectivity index (χ4n) is 3.32. The van der Waals surface area contributed by atoms with E-state index >= 15 is 0 Å². The molecule has 0 aromatic heterocycles. The van der Waals surface area contributed by atoms with Gasteiger partial charge in [0.15, 0.2) is 5.17 Å². The topological polar surface area (TPSA) is 107 Å². The first kappa shape index (κ1) is 20.6. The van der Waals surface area contributed by atoms with Crippen molar-refractivity contribution in [2.24, 2.45) is 9.98 Å². The Balaban J connectivity index is 1.47. The van der Waals surface area contributed by atoms with Crippen LogP contribution in [0.3, 0.4) is 0 Å². The summed E-state index contributed by atoms with van der Waals surface area (Å²) in [6, 6.07) is 16.0. The highest BCUT2D eigenvalue weighted by molar-refractivity contribution is 8.14. The van der Waals surface area contributed by atoms with Gasteiger partial charge in [-0.3, -0.25) is 14.6 Å². The summed E-state index contributed by atoms with van der Waals surface area (Å²) in [5.41, 5.74) is 2.35. The molecule has 2 aliphatic rings. The third-order valence-corrected chi connectivity index (χ3v) is 5.65. The molecule has 2 aromatic carbocycles. The van der Waals surface area contributed by atoms with Gasteiger partial charge >= 0.3 is 0 Å². The maximum absolute atomic E-state index is 13.0. The zero-order chi connectivity index (χ0) is 21.8. The van der Waals surface area contributed by atoms with Crippen LogP contribution in [-0.4, -0.2) is 46.6 Å². The third-order valence-electron chi connectivity index (χ3n) is 4.84. The molecule has 0 unspecified atom stereocenters. The number of methoxy groups -OCH3 is 1. The molecule has 2 amide bonds. The molecule has 0 fully saturated rings. The maximum Gasteiger partial charge on any atom is 0.259 e. The zero-order valence-corrected chi connectivity index (χ0v) is 17.6. The molecule has 0 aliphatic carbocycles. The van der Waals surface area contributed by atoms with Crippen molar-refractivity contribution in [3.05, 3.63) is 59.7 Å². The number of hydrogen-bond acceptors (Lipinski definition) is 7. The number of nitrogens with one attached hydrogen (secondary N) is 1. The Morgan fingerprint density at radius 3 is 2.77 bits per heavy atom. The fraction of sp³-hybridized carbons (Fsp3) is 0.227. The number of carbonyl (C=O) groups is 2. The van der Waals surface area contributed by atoms with Crippen molar-refractivity contribution in [3.8, 4) is 11.8 Å². The lowest BCUT2D eigenvalue weighted by molar-refractivity contribution is -0.128. The average Bonchev–Trinajstić information content (AvgIpc) is 3.12. The number of benzene rings is 2. The summed E-state index contributed by atoms with van der Waals surface area (Å²) in [6.07, 6.45) is -0.0622. The number of carbonyl (C=O) groups excluding carboxylic acids is 2. The smallest absolute Gasteiger partial charge is 0.259 e. The van der Waals surface area contributed by atoms with E-state index in [0.717, 1.165) is 16.9 Å². The van der Waals surface area contributed by atoms with E-state index in [-0.39, 0.29) is 24.0 Å². The number of para-hydroxylation sites is 1. The van der Waals surface area contributed by atoms with Crippen LogP contribution in [0.5, 0.6) is 5.75 Å². The van der Waals surface area contributed by atoms with Gasteiger partial charge in [0.25, 0.3) is 5.91 Å². The molecule has 1 N–H and O–H groups in total. The van der Waals surface area contributed by atoms with Gasteiger partial charge in [0.2, 0.25) is 5.91 Å². The number of nitrogens with zero attached hydrogens (tertiary/aromatic N) is 4. The monoisotopic (exact) mass is 433 g/mol. The van der Waals surface area contributed by atoms with E-state index in [0.29, 0.717) is 23.2 Å². The lowest BCUT2D eigenvalue weighted by atomic mass is 10.1. The van der Waals surface area contributed by atoms with Crippen LogP contribution in [0.1, 0.15) is 17.5 Å². The fourth-order valence-corrected chi connectivity index (χ4v) is 3.98. The molecule has 0 radical (unpaired) electrons. The number of aliphatic imine (C=N–C) groups is 2. The molecule has 8 nitrogen and oxygen atoms in total. The predicted molar refractivity (Wildman–Crippen MR) is 118 cm³/mol. The van der Waals surface area contributed by atoms with E-state index in [1.807, 2.05) is 54.6 Å². The highest BCUT2D eigenvalue weighted by Gasteiger charge is 2.41. The van der Waals surface area contributed by atoms with Crippen LogP contribution < -0.4 is 10.1 Å². The molecular formula is C22H19N5O3S. The summed E-state index contributed by atoms with van der Waals surface area (Å²) in [6.45, 7) is 0.345. The van der Waals surface area contributed by atoms with Gasteiger partial charge in [-0.1, -0.05) is 36.0 Å². The summed E-state index contributed by atoms with van der Waals surface area (Å²) < 4.78 is 5.13. The Hall–Kier alpha value is -3.64. The van der Waals surface area contributed by atoms with Crippen LogP contribution in [-0.2, 0) is 16.1 Å². The summed E-state index contributed by atoms with van der Waals surface area (Å²) in [5, 5.41) is 12.2. The molecule has 0 bridgehead atoms. The van der Waals surface area contributed by atoms with Gasteiger partial charge in [0, 0.05) is 12.1 Å². The van der Waals surface area contributed by atoms with E-state index < -0.39 is 6.04 Å². The van der Waals surface area contributed by atoms with E-state index in [4.69, 9.17) is 10.00 Å². The van der Waals surface area contributed by atoms with E-state index in [9.17, 15) is 9.59 Å². The third kappa shape index (κ3) is 4.29. The molecule has 0 spiro atoms. The van der Waals surface area contributed by atoms with Crippen LogP contribution in [0, 0.1) is 11.3 Å². The van der Waals surface area contributed by atoms with Gasteiger partial charge in [-0.2, -0.15) is 5.26 Å². The second kappa shape index (κ2) is 9.02. The molecule has 156 valence electrons. The molecule has 2 aliphatic heterocycles. The van der Waals surface area contributed by atoms with Crippen molar-refractivity contribution in [2.75, 3.05) is 12.9 Å². The number of rotatable bonds is 6. The number of amidine groups is 2. The maximum atomic E-state index is 13.0. The van der Waals surface area contributed by atoms with Crippen LogP contribution in [0.15, 0.2) is 58.5 Å². The first-order valence-corrected chi connectivity index (χ1v) is 10.6. The van der Waals surface area contributed by atoms with E-state index in [2.05, 4.69) is 15.3 Å². The highest BCUT2D eigenvalue weighted by Crippen LogP contribution is 2.33. The van der Waals surface area contributed by atoms with Crippen molar-refractivity contribution in [2.45, 2.75) is 19.0 Å². The largest absolute Gasteiger partial charge is 0.497 e.